The molecule has 0 amide bonds. The molecule has 1 aliphatic heterocycles. The number of aliphatic hydroxyl groups excluding tert-OH is 2. The number of benzene rings is 2. The number of phenolic OH excluding ortho intramolecular Hbond substituents is 2. The molecular formula is C27H29NO11. The molecule has 2 aromatic rings. The molecule has 5 rings (SSSR count). The Labute approximate surface area is 222 Å². The van der Waals surface area contributed by atoms with E-state index in [-0.39, 0.29) is 34.4 Å². The second kappa shape index (κ2) is 9.66. The van der Waals surface area contributed by atoms with Gasteiger partial charge in [-0.2, -0.15) is 0 Å². The van der Waals surface area contributed by atoms with E-state index in [2.05, 4.69) is 0 Å². The third-order valence-corrected chi connectivity index (χ3v) is 7.81. The predicted octanol–water partition coefficient (Wildman–Crippen LogP) is 0.00130. The van der Waals surface area contributed by atoms with Crippen LogP contribution in [0.5, 0.6) is 17.2 Å². The molecule has 39 heavy (non-hydrogen) atoms. The number of rotatable bonds is 5. The van der Waals surface area contributed by atoms with Gasteiger partial charge in [-0.15, -0.1) is 0 Å². The highest BCUT2D eigenvalue weighted by molar-refractivity contribution is 6.31. The fourth-order valence-electron chi connectivity index (χ4n) is 5.75. The second-order valence-electron chi connectivity index (χ2n) is 10.2. The minimum Gasteiger partial charge on any atom is -0.507 e. The molecule has 2 aliphatic carbocycles. The highest BCUT2D eigenvalue weighted by Crippen LogP contribution is 2.52. The Morgan fingerprint density at radius 3 is 2.49 bits per heavy atom. The monoisotopic (exact) mass is 543 g/mol. The molecule has 12 nitrogen and oxygen atoms in total. The molecule has 2 aromatic carbocycles. The number of methoxy groups -OCH3 is 1. The number of nitrogens with two attached hydrogens (primary N) is 1. The number of hydrogen-bond acceptors (Lipinski definition) is 12. The van der Waals surface area contributed by atoms with Gasteiger partial charge in [-0.1, -0.05) is 12.1 Å². The molecule has 12 heteroatoms. The van der Waals surface area contributed by atoms with Crippen LogP contribution in [0.2, 0.25) is 0 Å². The first-order valence-corrected chi connectivity index (χ1v) is 12.4. The SMILES string of the molecule is COc1cccc2c1C(=O)c1c(O)c3c(c(O)c1C2=O)CC(O)(C(=O)CO)CC3O[C@H]1C[C@@H](N)[C@H](O)[C@@H](C)O1. The smallest absolute Gasteiger partial charge is 0.202 e. The highest BCUT2D eigenvalue weighted by atomic mass is 16.7. The molecule has 0 radical (unpaired) electrons. The predicted molar refractivity (Wildman–Crippen MR) is 132 cm³/mol. The van der Waals surface area contributed by atoms with Crippen molar-refractivity contribution < 1.29 is 54.1 Å². The summed E-state index contributed by atoms with van der Waals surface area (Å²) >= 11 is 0. The third kappa shape index (κ3) is 4.11. The van der Waals surface area contributed by atoms with Crippen molar-refractivity contribution in [3.63, 3.8) is 0 Å². The van der Waals surface area contributed by atoms with Gasteiger partial charge in [0.05, 0.1) is 42.1 Å². The lowest BCUT2D eigenvalue weighted by molar-refractivity contribution is -0.247. The summed E-state index contributed by atoms with van der Waals surface area (Å²) in [4.78, 5) is 39.7. The van der Waals surface area contributed by atoms with Crippen molar-refractivity contribution in [3.05, 3.63) is 51.6 Å². The number of aliphatic hydroxyl groups is 3. The summed E-state index contributed by atoms with van der Waals surface area (Å²) in [6, 6.07) is 3.64. The summed E-state index contributed by atoms with van der Waals surface area (Å²) in [5.74, 6) is -3.77. The lowest BCUT2D eigenvalue weighted by Crippen LogP contribution is -2.53. The average Bonchev–Trinajstić information content (AvgIpc) is 2.90. The van der Waals surface area contributed by atoms with E-state index in [0.29, 0.717) is 0 Å². The molecule has 208 valence electrons. The lowest BCUT2D eigenvalue weighted by Gasteiger charge is -2.42. The number of hydrogen-bond donors (Lipinski definition) is 6. The van der Waals surface area contributed by atoms with E-state index in [9.17, 15) is 39.9 Å². The first-order chi connectivity index (χ1) is 18.4. The molecule has 0 aromatic heterocycles. The van der Waals surface area contributed by atoms with Crippen LogP contribution in [-0.2, 0) is 20.7 Å². The fraction of sp³-hybridized carbons (Fsp3) is 0.444. The van der Waals surface area contributed by atoms with Crippen LogP contribution in [0.3, 0.4) is 0 Å². The van der Waals surface area contributed by atoms with Crippen LogP contribution in [0.4, 0.5) is 0 Å². The molecule has 1 saturated heterocycles. The zero-order valence-electron chi connectivity index (χ0n) is 21.2. The van der Waals surface area contributed by atoms with Crippen LogP contribution < -0.4 is 10.5 Å². The van der Waals surface area contributed by atoms with Crippen molar-refractivity contribution in [1.29, 1.82) is 0 Å². The number of ketones is 3. The summed E-state index contributed by atoms with van der Waals surface area (Å²) < 4.78 is 17.0. The molecule has 2 unspecified atom stereocenters. The number of aromatic hydroxyl groups is 2. The molecule has 0 saturated carbocycles. The maximum Gasteiger partial charge on any atom is 0.202 e. The van der Waals surface area contributed by atoms with E-state index in [4.69, 9.17) is 19.9 Å². The first-order valence-electron chi connectivity index (χ1n) is 12.4. The molecule has 7 N–H and O–H groups in total. The average molecular weight is 544 g/mol. The van der Waals surface area contributed by atoms with Crippen molar-refractivity contribution in [2.75, 3.05) is 13.7 Å². The van der Waals surface area contributed by atoms with E-state index >= 15 is 0 Å². The van der Waals surface area contributed by atoms with Crippen molar-refractivity contribution in [3.8, 4) is 17.2 Å². The maximum absolute atomic E-state index is 13.6. The van der Waals surface area contributed by atoms with Crippen LogP contribution in [0.15, 0.2) is 18.2 Å². The number of phenols is 2. The Morgan fingerprint density at radius 2 is 1.85 bits per heavy atom. The van der Waals surface area contributed by atoms with Crippen molar-refractivity contribution in [2.45, 2.75) is 62.4 Å². The molecule has 3 aliphatic rings. The number of ether oxygens (including phenoxy) is 3. The Bertz CT molecular complexity index is 1380. The first kappa shape index (κ1) is 27.2. The zero-order valence-corrected chi connectivity index (χ0v) is 21.2. The van der Waals surface area contributed by atoms with Gasteiger partial charge in [-0.25, -0.2) is 0 Å². The number of fused-ring (bicyclic) bond motifs is 3. The summed E-state index contributed by atoms with van der Waals surface area (Å²) in [6.45, 7) is 0.560. The maximum atomic E-state index is 13.6. The minimum absolute atomic E-state index is 0.0173. The second-order valence-corrected chi connectivity index (χ2v) is 10.2. The van der Waals surface area contributed by atoms with Crippen molar-refractivity contribution in [2.24, 2.45) is 5.73 Å². The Morgan fingerprint density at radius 1 is 1.15 bits per heavy atom. The van der Waals surface area contributed by atoms with Gasteiger partial charge in [0.1, 0.15) is 29.5 Å². The van der Waals surface area contributed by atoms with Gasteiger partial charge in [0.2, 0.25) is 5.78 Å². The highest BCUT2D eigenvalue weighted by Gasteiger charge is 2.50. The normalized spacial score (nSPS) is 29.8. The van der Waals surface area contributed by atoms with E-state index in [1.54, 1.807) is 6.92 Å². The molecule has 1 fully saturated rings. The Hall–Kier alpha value is -3.39. The number of carbonyl (C=O) groups is 3. The van der Waals surface area contributed by atoms with Gasteiger partial charge < -0.3 is 45.5 Å². The fourth-order valence-corrected chi connectivity index (χ4v) is 5.75. The van der Waals surface area contributed by atoms with Crippen LogP contribution >= 0.6 is 0 Å². The van der Waals surface area contributed by atoms with E-state index < -0.39 is 95.7 Å². The standard InChI is InChI=1S/C27H29NO11/c1-10-22(31)13(28)6-17(38-10)39-15-8-27(36,16(30)9-29)7-12-19(15)26(35)21-20(24(12)33)23(32)11-4-3-5-14(37-2)18(11)25(21)34/h3-5,10,13,15,17,22,29,31,33,35-36H,6-9,28H2,1-2H3/t10-,13-,15?,17+,22-,27?/m1/s1. The van der Waals surface area contributed by atoms with Crippen molar-refractivity contribution in [1.82, 2.24) is 0 Å². The van der Waals surface area contributed by atoms with Crippen LogP contribution in [0, 0.1) is 0 Å². The van der Waals surface area contributed by atoms with Crippen LogP contribution in [0.1, 0.15) is 68.8 Å². The molecule has 0 bridgehead atoms. The largest absolute Gasteiger partial charge is 0.507 e. The number of carbonyl (C=O) groups excluding carboxylic acids is 3. The van der Waals surface area contributed by atoms with E-state index in [1.165, 1.54) is 25.3 Å². The van der Waals surface area contributed by atoms with Crippen LogP contribution in [-0.4, -0.2) is 86.7 Å². The summed E-state index contributed by atoms with van der Waals surface area (Å²) in [5, 5.41) is 53.7. The molecule has 0 spiro atoms. The number of Topliss-reactive ketones (excluding diaryl/α,β-unsaturated/α-hetero) is 1. The van der Waals surface area contributed by atoms with Gasteiger partial charge in [-0.3, -0.25) is 14.4 Å². The molecular weight excluding hydrogens is 514 g/mol. The molecule has 1 heterocycles. The van der Waals surface area contributed by atoms with Crippen LogP contribution in [0.25, 0.3) is 0 Å². The Balaban J connectivity index is 1.69. The van der Waals surface area contributed by atoms with Crippen molar-refractivity contribution >= 4 is 17.3 Å². The van der Waals surface area contributed by atoms with E-state index in [1.807, 2.05) is 0 Å². The zero-order chi connectivity index (χ0) is 28.4. The van der Waals surface area contributed by atoms with Gasteiger partial charge in [-0.05, 0) is 13.0 Å². The van der Waals surface area contributed by atoms with Gasteiger partial charge in [0.15, 0.2) is 17.9 Å². The lowest BCUT2D eigenvalue weighted by atomic mass is 9.72. The summed E-state index contributed by atoms with van der Waals surface area (Å²) in [5.41, 5.74) is 2.37. The molecule has 6 atom stereocenters. The van der Waals surface area contributed by atoms with Gasteiger partial charge in [0, 0.05) is 42.0 Å². The third-order valence-electron chi connectivity index (χ3n) is 7.81. The quantitative estimate of drug-likeness (QED) is 0.235. The van der Waals surface area contributed by atoms with Gasteiger partial charge in [0.25, 0.3) is 0 Å². The summed E-state index contributed by atoms with van der Waals surface area (Å²) in [7, 11) is 1.32. The Kier molecular flexibility index (Phi) is 6.74. The topological polar surface area (TPSA) is 206 Å². The minimum atomic E-state index is -2.24. The summed E-state index contributed by atoms with van der Waals surface area (Å²) in [6.07, 6.45) is -5.12. The van der Waals surface area contributed by atoms with Gasteiger partial charge >= 0.3 is 0 Å². The van der Waals surface area contributed by atoms with E-state index in [0.717, 1.165) is 0 Å².